The number of carbonyl (C=O) groups is 1. The molecule has 0 aromatic heterocycles. The molecule has 4 nitrogen and oxygen atoms in total. The number of nitrogens with two attached hydrogens (primary N) is 1. The summed E-state index contributed by atoms with van der Waals surface area (Å²) < 4.78 is 0. The van der Waals surface area contributed by atoms with Gasteiger partial charge in [-0.15, -0.1) is 0 Å². The second-order valence-corrected chi connectivity index (χ2v) is 5.68. The number of carbonyl (C=O) groups excluding carboxylic acids is 1. The number of nitrogens with zero attached hydrogens (tertiary/aromatic N) is 2. The van der Waals surface area contributed by atoms with Crippen LogP contribution in [-0.4, -0.2) is 37.5 Å². The van der Waals surface area contributed by atoms with Crippen LogP contribution in [0, 0.1) is 5.92 Å². The lowest BCUT2D eigenvalue weighted by atomic mass is 10.0. The molecule has 0 radical (unpaired) electrons. The van der Waals surface area contributed by atoms with E-state index in [1.807, 2.05) is 39.8 Å². The SMILES string of the molecule is CCN(Cc1ccc(N(C)C)cc1)C(=O)C(N)C(C)C. The van der Waals surface area contributed by atoms with Crippen molar-refractivity contribution in [3.8, 4) is 0 Å². The first-order chi connectivity index (χ1) is 9.36. The second-order valence-electron chi connectivity index (χ2n) is 5.68. The molecule has 0 heterocycles. The van der Waals surface area contributed by atoms with E-state index >= 15 is 0 Å². The molecule has 112 valence electrons. The van der Waals surface area contributed by atoms with Crippen LogP contribution < -0.4 is 10.6 Å². The van der Waals surface area contributed by atoms with Crippen molar-refractivity contribution in [2.45, 2.75) is 33.4 Å². The highest BCUT2D eigenvalue weighted by atomic mass is 16.2. The molecule has 2 N–H and O–H groups in total. The Morgan fingerprint density at radius 2 is 1.75 bits per heavy atom. The van der Waals surface area contributed by atoms with Crippen molar-refractivity contribution in [3.05, 3.63) is 29.8 Å². The average Bonchev–Trinajstić information content (AvgIpc) is 2.43. The Kier molecular flexibility index (Phi) is 6.02. The molecule has 1 aromatic rings. The molecular formula is C16H27N3O. The topological polar surface area (TPSA) is 49.6 Å². The van der Waals surface area contributed by atoms with Crippen molar-refractivity contribution in [1.82, 2.24) is 4.90 Å². The van der Waals surface area contributed by atoms with Gasteiger partial charge < -0.3 is 15.5 Å². The molecule has 4 heteroatoms. The van der Waals surface area contributed by atoms with Gasteiger partial charge >= 0.3 is 0 Å². The van der Waals surface area contributed by atoms with Gasteiger partial charge in [0.15, 0.2) is 0 Å². The third-order valence-electron chi connectivity index (χ3n) is 3.52. The number of benzene rings is 1. The first kappa shape index (κ1) is 16.5. The first-order valence-corrected chi connectivity index (χ1v) is 7.17. The Hall–Kier alpha value is -1.55. The van der Waals surface area contributed by atoms with Gasteiger partial charge in [-0.25, -0.2) is 0 Å². The van der Waals surface area contributed by atoms with Crippen LogP contribution in [0.15, 0.2) is 24.3 Å². The summed E-state index contributed by atoms with van der Waals surface area (Å²) in [5.74, 6) is 0.187. The maximum atomic E-state index is 12.3. The lowest BCUT2D eigenvalue weighted by molar-refractivity contribution is -0.134. The van der Waals surface area contributed by atoms with Crippen molar-refractivity contribution < 1.29 is 4.79 Å². The third kappa shape index (κ3) is 4.23. The van der Waals surface area contributed by atoms with E-state index in [9.17, 15) is 4.79 Å². The Morgan fingerprint density at radius 1 is 1.20 bits per heavy atom. The van der Waals surface area contributed by atoms with Crippen molar-refractivity contribution in [2.24, 2.45) is 11.7 Å². The summed E-state index contributed by atoms with van der Waals surface area (Å²) in [7, 11) is 4.02. The summed E-state index contributed by atoms with van der Waals surface area (Å²) in [5, 5.41) is 0. The Bertz CT molecular complexity index is 426. The number of rotatable bonds is 6. The average molecular weight is 277 g/mol. The van der Waals surface area contributed by atoms with E-state index in [1.54, 1.807) is 0 Å². The minimum absolute atomic E-state index is 0.0270. The summed E-state index contributed by atoms with van der Waals surface area (Å²) in [6, 6.07) is 7.83. The summed E-state index contributed by atoms with van der Waals surface area (Å²) >= 11 is 0. The van der Waals surface area contributed by atoms with Gasteiger partial charge in [0, 0.05) is 32.9 Å². The lowest BCUT2D eigenvalue weighted by Gasteiger charge is -2.26. The molecule has 0 saturated carbocycles. The fraction of sp³-hybridized carbons (Fsp3) is 0.562. The molecule has 0 bridgehead atoms. The molecule has 1 rings (SSSR count). The summed E-state index contributed by atoms with van der Waals surface area (Å²) in [6.45, 7) is 7.22. The van der Waals surface area contributed by atoms with Gasteiger partial charge in [0.1, 0.15) is 0 Å². The molecule has 0 aliphatic heterocycles. The van der Waals surface area contributed by atoms with Gasteiger partial charge in [0.2, 0.25) is 5.91 Å². The zero-order valence-corrected chi connectivity index (χ0v) is 13.3. The van der Waals surface area contributed by atoms with E-state index in [-0.39, 0.29) is 11.8 Å². The monoisotopic (exact) mass is 277 g/mol. The fourth-order valence-electron chi connectivity index (χ4n) is 1.96. The Labute approximate surface area is 122 Å². The van der Waals surface area contributed by atoms with E-state index in [0.717, 1.165) is 11.3 Å². The molecule has 1 unspecified atom stereocenters. The number of hydrogen-bond donors (Lipinski definition) is 1. The Morgan fingerprint density at radius 3 is 2.15 bits per heavy atom. The van der Waals surface area contributed by atoms with Crippen LogP contribution in [-0.2, 0) is 11.3 Å². The number of likely N-dealkylation sites (N-methyl/N-ethyl adjacent to an activating group) is 1. The quantitative estimate of drug-likeness (QED) is 0.866. The number of amides is 1. The van der Waals surface area contributed by atoms with Gasteiger partial charge in [0.05, 0.1) is 6.04 Å². The molecule has 0 fully saturated rings. The molecule has 0 spiro atoms. The van der Waals surface area contributed by atoms with E-state index in [2.05, 4.69) is 29.2 Å². The van der Waals surface area contributed by atoms with Gasteiger partial charge in [0.25, 0.3) is 0 Å². The normalized spacial score (nSPS) is 12.3. The lowest BCUT2D eigenvalue weighted by Crippen LogP contribution is -2.46. The van der Waals surface area contributed by atoms with Crippen molar-refractivity contribution in [2.75, 3.05) is 25.5 Å². The molecule has 0 saturated heterocycles. The van der Waals surface area contributed by atoms with Gasteiger partial charge in [-0.1, -0.05) is 26.0 Å². The third-order valence-corrected chi connectivity index (χ3v) is 3.52. The van der Waals surface area contributed by atoms with E-state index in [1.165, 1.54) is 0 Å². The van der Waals surface area contributed by atoms with Crippen LogP contribution in [0.2, 0.25) is 0 Å². The van der Waals surface area contributed by atoms with Crippen molar-refractivity contribution in [3.63, 3.8) is 0 Å². The van der Waals surface area contributed by atoms with Crippen LogP contribution in [0.1, 0.15) is 26.3 Å². The minimum Gasteiger partial charge on any atom is -0.378 e. The first-order valence-electron chi connectivity index (χ1n) is 7.17. The van der Waals surface area contributed by atoms with Crippen LogP contribution in [0.25, 0.3) is 0 Å². The molecule has 1 aromatic carbocycles. The predicted octanol–water partition coefficient (Wildman–Crippen LogP) is 2.08. The van der Waals surface area contributed by atoms with E-state index in [4.69, 9.17) is 5.73 Å². The summed E-state index contributed by atoms with van der Waals surface area (Å²) in [6.07, 6.45) is 0. The van der Waals surface area contributed by atoms with E-state index < -0.39 is 6.04 Å². The van der Waals surface area contributed by atoms with Crippen molar-refractivity contribution >= 4 is 11.6 Å². The maximum absolute atomic E-state index is 12.3. The van der Waals surface area contributed by atoms with Crippen LogP contribution in [0.3, 0.4) is 0 Å². The smallest absolute Gasteiger partial charge is 0.240 e. The van der Waals surface area contributed by atoms with Crippen LogP contribution >= 0.6 is 0 Å². The molecule has 20 heavy (non-hydrogen) atoms. The molecule has 0 aliphatic rings. The predicted molar refractivity (Wildman–Crippen MR) is 84.7 cm³/mol. The van der Waals surface area contributed by atoms with Gasteiger partial charge in [-0.05, 0) is 30.5 Å². The zero-order valence-electron chi connectivity index (χ0n) is 13.3. The van der Waals surface area contributed by atoms with Gasteiger partial charge in [-0.3, -0.25) is 4.79 Å². The standard InChI is InChI=1S/C16H27N3O/c1-6-19(16(20)15(17)12(2)3)11-13-7-9-14(10-8-13)18(4)5/h7-10,12,15H,6,11,17H2,1-5H3. The molecule has 1 amide bonds. The Balaban J connectivity index is 2.75. The molecular weight excluding hydrogens is 250 g/mol. The summed E-state index contributed by atoms with van der Waals surface area (Å²) in [5.41, 5.74) is 8.24. The highest BCUT2D eigenvalue weighted by molar-refractivity contribution is 5.81. The zero-order chi connectivity index (χ0) is 15.3. The highest BCUT2D eigenvalue weighted by Gasteiger charge is 2.22. The maximum Gasteiger partial charge on any atom is 0.240 e. The number of hydrogen-bond acceptors (Lipinski definition) is 3. The fourth-order valence-corrected chi connectivity index (χ4v) is 1.96. The largest absolute Gasteiger partial charge is 0.378 e. The highest BCUT2D eigenvalue weighted by Crippen LogP contribution is 2.14. The van der Waals surface area contributed by atoms with E-state index in [0.29, 0.717) is 13.1 Å². The molecule has 0 aliphatic carbocycles. The van der Waals surface area contributed by atoms with Crippen molar-refractivity contribution in [1.29, 1.82) is 0 Å². The minimum atomic E-state index is -0.420. The summed E-state index contributed by atoms with van der Waals surface area (Å²) in [4.78, 5) is 16.2. The second kappa shape index (κ2) is 7.29. The van der Waals surface area contributed by atoms with Crippen LogP contribution in [0.5, 0.6) is 0 Å². The van der Waals surface area contributed by atoms with Gasteiger partial charge in [-0.2, -0.15) is 0 Å². The number of anilines is 1. The van der Waals surface area contributed by atoms with Crippen LogP contribution in [0.4, 0.5) is 5.69 Å². The molecule has 1 atom stereocenters.